The number of hydrogen-bond acceptors (Lipinski definition) is 1. The Morgan fingerprint density at radius 1 is 1.22 bits per heavy atom. The molecule has 0 radical (unpaired) electrons. The molecule has 0 saturated heterocycles. The van der Waals surface area contributed by atoms with Crippen molar-refractivity contribution in [3.05, 3.63) is 29.8 Å². The van der Waals surface area contributed by atoms with Crippen molar-refractivity contribution in [2.45, 2.75) is 47.5 Å². The Bertz CT molecular complexity index is 362. The van der Waals surface area contributed by atoms with Crippen molar-refractivity contribution < 1.29 is 0 Å². The summed E-state index contributed by atoms with van der Waals surface area (Å²) in [7, 11) is 2.19. The summed E-state index contributed by atoms with van der Waals surface area (Å²) in [6.07, 6.45) is 2.57. The minimum Gasteiger partial charge on any atom is -0.375 e. The average Bonchev–Trinajstić information content (AvgIpc) is 2.23. The maximum absolute atomic E-state index is 2.37. The Kier molecular flexibility index (Phi) is 5.25. The molecule has 0 fully saturated rings. The Morgan fingerprint density at radius 2 is 1.89 bits per heavy atom. The number of rotatable bonds is 5. The van der Waals surface area contributed by atoms with Gasteiger partial charge in [-0.15, -0.1) is 0 Å². The van der Waals surface area contributed by atoms with Crippen molar-refractivity contribution in [3.63, 3.8) is 0 Å². The standard InChI is InChI=1S/C17H29N/c1-14-8-7-9-16(12-14)18(6)11-10-15(2)13-17(3,4)5/h7-9,12,15H,10-11,13H2,1-6H3. The van der Waals surface area contributed by atoms with Crippen molar-refractivity contribution in [2.75, 3.05) is 18.5 Å². The largest absolute Gasteiger partial charge is 0.375 e. The molecule has 18 heavy (non-hydrogen) atoms. The Balaban J connectivity index is 2.44. The van der Waals surface area contributed by atoms with E-state index < -0.39 is 0 Å². The van der Waals surface area contributed by atoms with Crippen LogP contribution < -0.4 is 4.90 Å². The van der Waals surface area contributed by atoms with E-state index in [-0.39, 0.29) is 0 Å². The number of aryl methyl sites for hydroxylation is 1. The number of anilines is 1. The fourth-order valence-electron chi connectivity index (χ4n) is 2.56. The van der Waals surface area contributed by atoms with Gasteiger partial charge >= 0.3 is 0 Å². The quantitative estimate of drug-likeness (QED) is 0.716. The third-order valence-electron chi connectivity index (χ3n) is 3.36. The van der Waals surface area contributed by atoms with Gasteiger partial charge in [0, 0.05) is 19.3 Å². The van der Waals surface area contributed by atoms with Gasteiger partial charge in [-0.05, 0) is 48.8 Å². The zero-order valence-electron chi connectivity index (χ0n) is 13.0. The van der Waals surface area contributed by atoms with E-state index >= 15 is 0 Å². The molecule has 1 aromatic carbocycles. The van der Waals surface area contributed by atoms with Crippen molar-refractivity contribution in [3.8, 4) is 0 Å². The first-order chi connectivity index (χ1) is 8.28. The lowest BCUT2D eigenvalue weighted by molar-refractivity contribution is 0.298. The SMILES string of the molecule is Cc1cccc(N(C)CCC(C)CC(C)(C)C)c1. The summed E-state index contributed by atoms with van der Waals surface area (Å²) in [5.41, 5.74) is 3.11. The van der Waals surface area contributed by atoms with Crippen molar-refractivity contribution in [2.24, 2.45) is 11.3 Å². The van der Waals surface area contributed by atoms with E-state index in [1.165, 1.54) is 24.1 Å². The van der Waals surface area contributed by atoms with Crippen LogP contribution in [0, 0.1) is 18.3 Å². The summed E-state index contributed by atoms with van der Waals surface area (Å²) < 4.78 is 0. The first-order valence-electron chi connectivity index (χ1n) is 7.06. The minimum atomic E-state index is 0.446. The van der Waals surface area contributed by atoms with Gasteiger partial charge in [-0.3, -0.25) is 0 Å². The van der Waals surface area contributed by atoms with Gasteiger partial charge in [-0.1, -0.05) is 39.8 Å². The maximum atomic E-state index is 2.37. The molecule has 0 aliphatic heterocycles. The van der Waals surface area contributed by atoms with Crippen LogP contribution in [0.3, 0.4) is 0 Å². The predicted octanol–water partition coefficient (Wildman–Crippen LogP) is 4.89. The van der Waals surface area contributed by atoms with Crippen molar-refractivity contribution in [1.82, 2.24) is 0 Å². The zero-order valence-corrected chi connectivity index (χ0v) is 13.0. The molecule has 0 spiro atoms. The molecule has 1 heteroatoms. The zero-order chi connectivity index (χ0) is 13.8. The average molecular weight is 247 g/mol. The Labute approximate surface area is 113 Å². The fourth-order valence-corrected chi connectivity index (χ4v) is 2.56. The molecule has 0 aliphatic carbocycles. The van der Waals surface area contributed by atoms with Crippen LogP contribution in [0.2, 0.25) is 0 Å². The first-order valence-corrected chi connectivity index (χ1v) is 7.06. The monoisotopic (exact) mass is 247 g/mol. The van der Waals surface area contributed by atoms with Crippen LogP contribution >= 0.6 is 0 Å². The summed E-state index contributed by atoms with van der Waals surface area (Å²) in [4.78, 5) is 2.37. The second-order valence-corrected chi connectivity index (χ2v) is 6.92. The smallest absolute Gasteiger partial charge is 0.0366 e. The van der Waals surface area contributed by atoms with Crippen LogP contribution in [-0.4, -0.2) is 13.6 Å². The molecule has 1 atom stereocenters. The minimum absolute atomic E-state index is 0.446. The van der Waals surface area contributed by atoms with Gasteiger partial charge in [0.2, 0.25) is 0 Å². The lowest BCUT2D eigenvalue weighted by Gasteiger charge is -2.26. The molecule has 0 saturated carbocycles. The van der Waals surface area contributed by atoms with Gasteiger partial charge in [0.15, 0.2) is 0 Å². The van der Waals surface area contributed by atoms with E-state index in [0.717, 1.165) is 12.5 Å². The van der Waals surface area contributed by atoms with E-state index in [2.05, 4.69) is 70.8 Å². The van der Waals surface area contributed by atoms with Gasteiger partial charge in [0.1, 0.15) is 0 Å². The van der Waals surface area contributed by atoms with E-state index in [4.69, 9.17) is 0 Å². The summed E-state index contributed by atoms with van der Waals surface area (Å²) in [6.45, 7) is 12.6. The molecule has 0 aromatic heterocycles. The summed E-state index contributed by atoms with van der Waals surface area (Å²) in [5.74, 6) is 0.789. The van der Waals surface area contributed by atoms with Gasteiger partial charge in [0.05, 0.1) is 0 Å². The predicted molar refractivity (Wildman–Crippen MR) is 82.3 cm³/mol. The third kappa shape index (κ3) is 5.57. The molecule has 0 heterocycles. The van der Waals surface area contributed by atoms with E-state index in [0.29, 0.717) is 5.41 Å². The summed E-state index contributed by atoms with van der Waals surface area (Å²) in [5, 5.41) is 0. The highest BCUT2D eigenvalue weighted by Crippen LogP contribution is 2.26. The molecule has 0 aliphatic rings. The Hall–Kier alpha value is -0.980. The lowest BCUT2D eigenvalue weighted by atomic mass is 9.84. The lowest BCUT2D eigenvalue weighted by Crippen LogP contribution is -2.22. The second-order valence-electron chi connectivity index (χ2n) is 6.92. The normalized spacial score (nSPS) is 13.4. The highest BCUT2D eigenvalue weighted by molar-refractivity contribution is 5.47. The number of benzene rings is 1. The summed E-state index contributed by atoms with van der Waals surface area (Å²) >= 11 is 0. The molecule has 0 N–H and O–H groups in total. The van der Waals surface area contributed by atoms with Gasteiger partial charge in [0.25, 0.3) is 0 Å². The third-order valence-corrected chi connectivity index (χ3v) is 3.36. The van der Waals surface area contributed by atoms with Gasteiger partial charge < -0.3 is 4.90 Å². The summed E-state index contributed by atoms with van der Waals surface area (Å²) in [6, 6.07) is 8.75. The van der Waals surface area contributed by atoms with Crippen LogP contribution in [0.5, 0.6) is 0 Å². The molecule has 0 amide bonds. The van der Waals surface area contributed by atoms with Crippen LogP contribution in [0.4, 0.5) is 5.69 Å². The molecule has 1 aromatic rings. The highest BCUT2D eigenvalue weighted by Gasteiger charge is 2.15. The highest BCUT2D eigenvalue weighted by atomic mass is 15.1. The second kappa shape index (κ2) is 6.26. The van der Waals surface area contributed by atoms with Crippen molar-refractivity contribution >= 4 is 5.69 Å². The maximum Gasteiger partial charge on any atom is 0.0366 e. The molecule has 1 rings (SSSR count). The van der Waals surface area contributed by atoms with Crippen LogP contribution in [-0.2, 0) is 0 Å². The van der Waals surface area contributed by atoms with E-state index in [9.17, 15) is 0 Å². The van der Waals surface area contributed by atoms with E-state index in [1.54, 1.807) is 0 Å². The molecule has 1 unspecified atom stereocenters. The molecule has 1 nitrogen and oxygen atoms in total. The number of hydrogen-bond donors (Lipinski definition) is 0. The van der Waals surface area contributed by atoms with E-state index in [1.807, 2.05) is 0 Å². The van der Waals surface area contributed by atoms with Crippen LogP contribution in [0.25, 0.3) is 0 Å². The molecule has 0 bridgehead atoms. The molecule has 102 valence electrons. The fraction of sp³-hybridized carbons (Fsp3) is 0.647. The topological polar surface area (TPSA) is 3.24 Å². The Morgan fingerprint density at radius 3 is 2.44 bits per heavy atom. The molecular formula is C17H29N. The molecular weight excluding hydrogens is 218 g/mol. The first kappa shape index (κ1) is 15.1. The van der Waals surface area contributed by atoms with Crippen LogP contribution in [0.15, 0.2) is 24.3 Å². The van der Waals surface area contributed by atoms with Crippen LogP contribution in [0.1, 0.15) is 46.1 Å². The van der Waals surface area contributed by atoms with Gasteiger partial charge in [-0.25, -0.2) is 0 Å². The van der Waals surface area contributed by atoms with Gasteiger partial charge in [-0.2, -0.15) is 0 Å². The number of nitrogens with zero attached hydrogens (tertiary/aromatic N) is 1. The van der Waals surface area contributed by atoms with Crippen molar-refractivity contribution in [1.29, 1.82) is 0 Å².